The quantitative estimate of drug-likeness (QED) is 0.184. The zero-order valence-corrected chi connectivity index (χ0v) is 22.9. The molecule has 0 spiro atoms. The van der Waals surface area contributed by atoms with Crippen molar-refractivity contribution in [3.63, 3.8) is 0 Å². The lowest BCUT2D eigenvalue weighted by Crippen LogP contribution is -2.31. The zero-order chi connectivity index (χ0) is 28.1. The van der Waals surface area contributed by atoms with Crippen molar-refractivity contribution < 1.29 is 37.9 Å². The van der Waals surface area contributed by atoms with Crippen molar-refractivity contribution in [3.05, 3.63) is 48.5 Å². The fourth-order valence-corrected chi connectivity index (χ4v) is 5.21. The number of anilines is 1. The number of hydrogen-bond donors (Lipinski definition) is 4. The van der Waals surface area contributed by atoms with E-state index < -0.39 is 51.3 Å². The van der Waals surface area contributed by atoms with Gasteiger partial charge in [-0.3, -0.25) is 14.4 Å². The van der Waals surface area contributed by atoms with E-state index in [0.29, 0.717) is 24.1 Å². The Labute approximate surface area is 230 Å². The molecule has 3 aromatic rings. The Hall–Kier alpha value is -2.97. The van der Waals surface area contributed by atoms with Gasteiger partial charge < -0.3 is 29.3 Å². The maximum absolute atomic E-state index is 12.4. The number of carbonyl (C=O) groups is 1. The molecule has 3 unspecified atom stereocenters. The van der Waals surface area contributed by atoms with Gasteiger partial charge >= 0.3 is 13.9 Å². The summed E-state index contributed by atoms with van der Waals surface area (Å²) < 4.78 is 36.3. The van der Waals surface area contributed by atoms with E-state index >= 15 is 0 Å². The number of hydrogen-bond acceptors (Lipinski definition) is 9. The molecule has 40 heavy (non-hydrogen) atoms. The Morgan fingerprint density at radius 2 is 1.88 bits per heavy atom. The number of fused-ring (bicyclic) bond motifs is 2. The van der Waals surface area contributed by atoms with Gasteiger partial charge in [0.2, 0.25) is 0 Å². The predicted molar refractivity (Wildman–Crippen MR) is 142 cm³/mol. The van der Waals surface area contributed by atoms with Crippen LogP contribution in [0.4, 0.5) is 10.6 Å². The molecule has 216 valence electrons. The summed E-state index contributed by atoms with van der Waals surface area (Å²) >= 11 is 0. The molecule has 2 aliphatic rings. The number of phosphoric ester groups is 1. The van der Waals surface area contributed by atoms with Crippen LogP contribution in [0.5, 0.6) is 0 Å². The van der Waals surface area contributed by atoms with Crippen LogP contribution in [0.1, 0.15) is 44.4 Å². The number of rotatable bonds is 12. The molecule has 4 N–H and O–H groups in total. The summed E-state index contributed by atoms with van der Waals surface area (Å²) in [6, 6.07) is 9.28. The normalized spacial score (nSPS) is 24.3. The first-order valence-corrected chi connectivity index (χ1v) is 14.8. The van der Waals surface area contributed by atoms with Gasteiger partial charge in [0.15, 0.2) is 29.5 Å². The second-order valence-corrected chi connectivity index (χ2v) is 10.9. The number of urea groups is 1. The van der Waals surface area contributed by atoms with Gasteiger partial charge in [0.1, 0.15) is 24.6 Å². The van der Waals surface area contributed by atoms with Crippen molar-refractivity contribution in [3.8, 4) is 0 Å². The first-order valence-electron chi connectivity index (χ1n) is 13.2. The lowest BCUT2D eigenvalue weighted by Gasteiger charge is -2.21. The number of nitrogens with one attached hydrogen (secondary N) is 2. The predicted octanol–water partition coefficient (Wildman–Crippen LogP) is 2.89. The summed E-state index contributed by atoms with van der Waals surface area (Å²) in [6.45, 7) is 2.27. The molecule has 2 aromatic heterocycles. The lowest BCUT2D eigenvalue weighted by molar-refractivity contribution is -0.149. The molecule has 14 nitrogen and oxygen atoms in total. The third kappa shape index (κ3) is 6.84. The number of aromatic nitrogens is 4. The number of nitrogens with zero attached hydrogens (tertiary/aromatic N) is 4. The lowest BCUT2D eigenvalue weighted by atomic mass is 10.1. The van der Waals surface area contributed by atoms with Gasteiger partial charge in [-0.25, -0.2) is 24.3 Å². The van der Waals surface area contributed by atoms with Crippen LogP contribution in [0, 0.1) is 0 Å². The third-order valence-electron chi connectivity index (χ3n) is 6.74. The molecule has 0 saturated carbocycles. The topological polar surface area (TPSA) is 179 Å². The highest BCUT2D eigenvalue weighted by atomic mass is 31.2. The van der Waals surface area contributed by atoms with Crippen molar-refractivity contribution in [1.82, 2.24) is 24.8 Å². The van der Waals surface area contributed by atoms with Crippen LogP contribution in [0.25, 0.3) is 11.2 Å². The number of ether oxygens (including phenoxy) is 3. The molecular weight excluding hydrogens is 543 g/mol. The summed E-state index contributed by atoms with van der Waals surface area (Å²) in [5.41, 5.74) is 1.73. The molecule has 2 fully saturated rings. The fourth-order valence-electron chi connectivity index (χ4n) is 4.87. The Balaban J connectivity index is 1.33. The molecule has 2 saturated heterocycles. The monoisotopic (exact) mass is 576 g/mol. The Kier molecular flexibility index (Phi) is 9.06. The molecule has 15 heteroatoms. The van der Waals surface area contributed by atoms with Gasteiger partial charge in [-0.1, -0.05) is 56.5 Å². The van der Waals surface area contributed by atoms with Crippen LogP contribution in [-0.4, -0.2) is 73.1 Å². The maximum Gasteiger partial charge on any atom is 0.469 e. The Morgan fingerprint density at radius 1 is 1.07 bits per heavy atom. The number of amides is 2. The van der Waals surface area contributed by atoms with Crippen LogP contribution >= 0.6 is 7.82 Å². The van der Waals surface area contributed by atoms with Crippen molar-refractivity contribution in [2.45, 2.75) is 69.9 Å². The SMILES string of the molecule is CCCCCCNC(=O)Nc1ncnc2c1ncn2[C@@H]1O[C@H](COP(=O)(O)O)C2OC(Cc3ccccc3)OC21. The molecular formula is C25H33N6O8P. The van der Waals surface area contributed by atoms with E-state index in [9.17, 15) is 19.1 Å². The number of imidazole rings is 1. The van der Waals surface area contributed by atoms with Gasteiger partial charge in [0.25, 0.3) is 0 Å². The van der Waals surface area contributed by atoms with Gasteiger partial charge in [-0.2, -0.15) is 0 Å². The van der Waals surface area contributed by atoms with E-state index in [1.807, 2.05) is 30.3 Å². The van der Waals surface area contributed by atoms with Crippen molar-refractivity contribution >= 4 is 30.8 Å². The third-order valence-corrected chi connectivity index (χ3v) is 7.22. The average molecular weight is 577 g/mol. The van der Waals surface area contributed by atoms with Crippen molar-refractivity contribution in [1.29, 1.82) is 0 Å². The molecule has 2 aliphatic heterocycles. The molecule has 4 heterocycles. The zero-order valence-electron chi connectivity index (χ0n) is 22.0. The second kappa shape index (κ2) is 12.7. The number of carbonyl (C=O) groups excluding carboxylic acids is 1. The number of phosphoric acid groups is 1. The number of unbranched alkanes of at least 4 members (excludes halogenated alkanes) is 3. The van der Waals surface area contributed by atoms with Crippen LogP contribution in [0.3, 0.4) is 0 Å². The fraction of sp³-hybridized carbons (Fsp3) is 0.520. The maximum atomic E-state index is 12.4. The standard InChI is InChI=1S/C25H33N6O8P/c1-2-3-4-8-11-26-25(32)30-22-19-23(28-14-27-22)31(15-29-19)24-21-20(17(37-24)13-36-40(33,34)35)38-18(39-21)12-16-9-6-5-7-10-16/h5-7,9-10,14-15,17-18,20-21,24H,2-4,8,11-13H2,1H3,(H2,33,34,35)(H2,26,27,28,30,32)/t17-,18?,20?,21?,24-/m1/s1. The molecule has 0 bridgehead atoms. The summed E-state index contributed by atoms with van der Waals surface area (Å²) in [7, 11) is -4.74. The summed E-state index contributed by atoms with van der Waals surface area (Å²) in [4.78, 5) is 43.8. The summed E-state index contributed by atoms with van der Waals surface area (Å²) in [5.74, 6) is 0.233. The first-order chi connectivity index (χ1) is 19.3. The molecule has 5 rings (SSSR count). The molecule has 0 radical (unpaired) electrons. The largest absolute Gasteiger partial charge is 0.469 e. The van der Waals surface area contributed by atoms with Crippen molar-refractivity contribution in [2.24, 2.45) is 0 Å². The number of benzene rings is 1. The highest BCUT2D eigenvalue weighted by Gasteiger charge is 2.54. The van der Waals surface area contributed by atoms with Crippen LogP contribution in [0.2, 0.25) is 0 Å². The minimum atomic E-state index is -4.74. The van der Waals surface area contributed by atoms with E-state index in [4.69, 9.17) is 18.7 Å². The second-order valence-electron chi connectivity index (χ2n) is 9.66. The Bertz CT molecular complexity index is 1340. The highest BCUT2D eigenvalue weighted by molar-refractivity contribution is 7.46. The van der Waals surface area contributed by atoms with Crippen LogP contribution in [-0.2, 0) is 29.7 Å². The van der Waals surface area contributed by atoms with Gasteiger partial charge in [-0.05, 0) is 12.0 Å². The molecule has 1 aromatic carbocycles. The van der Waals surface area contributed by atoms with Gasteiger partial charge in [0.05, 0.1) is 12.9 Å². The van der Waals surface area contributed by atoms with E-state index in [-0.39, 0.29) is 5.82 Å². The smallest absolute Gasteiger partial charge is 0.347 e. The van der Waals surface area contributed by atoms with E-state index in [1.165, 1.54) is 12.7 Å². The summed E-state index contributed by atoms with van der Waals surface area (Å²) in [6.07, 6.45) is 3.89. The first kappa shape index (κ1) is 28.6. The van der Waals surface area contributed by atoms with E-state index in [0.717, 1.165) is 31.2 Å². The minimum Gasteiger partial charge on any atom is -0.347 e. The summed E-state index contributed by atoms with van der Waals surface area (Å²) in [5, 5.41) is 5.55. The molecule has 2 amide bonds. The Morgan fingerprint density at radius 3 is 2.65 bits per heavy atom. The van der Waals surface area contributed by atoms with Crippen LogP contribution in [0.15, 0.2) is 43.0 Å². The molecule has 5 atom stereocenters. The highest BCUT2D eigenvalue weighted by Crippen LogP contribution is 2.43. The average Bonchev–Trinajstić information content (AvgIpc) is 3.62. The van der Waals surface area contributed by atoms with E-state index in [1.54, 1.807) is 4.57 Å². The van der Waals surface area contributed by atoms with Crippen LogP contribution < -0.4 is 10.6 Å². The molecule has 0 aliphatic carbocycles. The van der Waals surface area contributed by atoms with Gasteiger partial charge in [-0.15, -0.1) is 0 Å². The van der Waals surface area contributed by atoms with Crippen molar-refractivity contribution in [2.75, 3.05) is 18.5 Å². The van der Waals surface area contributed by atoms with Gasteiger partial charge in [0, 0.05) is 13.0 Å². The minimum absolute atomic E-state index is 0.233. The van der Waals surface area contributed by atoms with E-state index in [2.05, 4.69) is 32.5 Å².